The van der Waals surface area contributed by atoms with E-state index < -0.39 is 11.6 Å². The second-order valence-electron chi connectivity index (χ2n) is 1.92. The van der Waals surface area contributed by atoms with E-state index in [1.807, 2.05) is 0 Å². The average molecular weight is 140 g/mol. The summed E-state index contributed by atoms with van der Waals surface area (Å²) in [4.78, 5) is 0. The molecule has 0 aliphatic heterocycles. The molecule has 1 rings (SSSR count). The van der Waals surface area contributed by atoms with Crippen molar-refractivity contribution in [3.05, 3.63) is 42.2 Å². The molecule has 0 N–H and O–H groups in total. The zero-order valence-electron chi connectivity index (χ0n) is 5.27. The molecular formula is C8H6F2. The summed E-state index contributed by atoms with van der Waals surface area (Å²) in [7, 11) is 0. The van der Waals surface area contributed by atoms with Crippen LogP contribution in [0.2, 0.25) is 0 Å². The lowest BCUT2D eigenvalue weighted by atomic mass is 10.2. The van der Waals surface area contributed by atoms with Crippen molar-refractivity contribution in [1.29, 1.82) is 0 Å². The third-order valence-corrected chi connectivity index (χ3v) is 1.14. The van der Waals surface area contributed by atoms with Gasteiger partial charge in [-0.2, -0.15) is 0 Å². The minimum Gasteiger partial charge on any atom is -0.207 e. The van der Waals surface area contributed by atoms with Gasteiger partial charge in [0.15, 0.2) is 0 Å². The summed E-state index contributed by atoms with van der Waals surface area (Å²) in [5.74, 6) is -1.06. The van der Waals surface area contributed by atoms with Crippen LogP contribution in [-0.4, -0.2) is 0 Å². The Morgan fingerprint density at radius 2 is 2.10 bits per heavy atom. The Morgan fingerprint density at radius 1 is 1.40 bits per heavy atom. The highest BCUT2D eigenvalue weighted by molar-refractivity contribution is 5.56. The summed E-state index contributed by atoms with van der Waals surface area (Å²) in [5.41, 5.74) is 0.194. The van der Waals surface area contributed by atoms with E-state index in [0.29, 0.717) is 0 Å². The molecule has 0 saturated carbocycles. The van der Waals surface area contributed by atoms with Crippen LogP contribution in [0, 0.1) is 5.82 Å². The van der Waals surface area contributed by atoms with E-state index in [1.54, 1.807) is 0 Å². The largest absolute Gasteiger partial charge is 0.207 e. The molecule has 52 valence electrons. The predicted molar refractivity (Wildman–Crippen MR) is 36.5 cm³/mol. The van der Waals surface area contributed by atoms with Crippen LogP contribution in [0.3, 0.4) is 0 Å². The highest BCUT2D eigenvalue weighted by Crippen LogP contribution is 2.13. The fraction of sp³-hybridized carbons (Fsp3) is 0. The maximum absolute atomic E-state index is 12.3. The standard InChI is InChI=1S/C8H6F2/c1-6(9)7-3-2-4-8(10)5-7/h2-5H,1H2. The number of rotatable bonds is 1. The zero-order valence-corrected chi connectivity index (χ0v) is 5.27. The number of hydrogen-bond donors (Lipinski definition) is 0. The Balaban J connectivity index is 3.07. The Hall–Kier alpha value is -1.18. The van der Waals surface area contributed by atoms with E-state index >= 15 is 0 Å². The van der Waals surface area contributed by atoms with Crippen LogP contribution in [-0.2, 0) is 0 Å². The second kappa shape index (κ2) is 2.60. The smallest absolute Gasteiger partial charge is 0.123 e. The minimum absolute atomic E-state index is 0.194. The van der Waals surface area contributed by atoms with Crippen molar-refractivity contribution in [1.82, 2.24) is 0 Å². The number of halogens is 2. The van der Waals surface area contributed by atoms with Crippen molar-refractivity contribution in [3.63, 3.8) is 0 Å². The van der Waals surface area contributed by atoms with E-state index in [-0.39, 0.29) is 5.56 Å². The van der Waals surface area contributed by atoms with Gasteiger partial charge >= 0.3 is 0 Å². The molecule has 0 aliphatic carbocycles. The molecule has 0 unspecified atom stereocenters. The van der Waals surface area contributed by atoms with Gasteiger partial charge in [0.1, 0.15) is 11.6 Å². The molecule has 1 aromatic carbocycles. The van der Waals surface area contributed by atoms with Gasteiger partial charge in [-0.25, -0.2) is 8.78 Å². The highest BCUT2D eigenvalue weighted by atomic mass is 19.1. The molecule has 0 spiro atoms. The molecule has 0 heterocycles. The molecule has 1 aromatic rings. The topological polar surface area (TPSA) is 0 Å². The Morgan fingerprint density at radius 3 is 2.50 bits per heavy atom. The minimum atomic E-state index is -0.612. The van der Waals surface area contributed by atoms with Crippen molar-refractivity contribution in [3.8, 4) is 0 Å². The third-order valence-electron chi connectivity index (χ3n) is 1.14. The maximum Gasteiger partial charge on any atom is 0.123 e. The zero-order chi connectivity index (χ0) is 7.56. The van der Waals surface area contributed by atoms with Crippen LogP contribution in [0.25, 0.3) is 5.83 Å². The van der Waals surface area contributed by atoms with Gasteiger partial charge in [0, 0.05) is 5.56 Å². The first-order valence-electron chi connectivity index (χ1n) is 2.80. The molecule has 10 heavy (non-hydrogen) atoms. The Kier molecular flexibility index (Phi) is 1.81. The van der Waals surface area contributed by atoms with Gasteiger partial charge < -0.3 is 0 Å². The molecular weight excluding hydrogens is 134 g/mol. The normalized spacial score (nSPS) is 9.40. The summed E-state index contributed by atoms with van der Waals surface area (Å²) < 4.78 is 24.6. The lowest BCUT2D eigenvalue weighted by Crippen LogP contribution is -1.77. The van der Waals surface area contributed by atoms with Crippen LogP contribution in [0.15, 0.2) is 30.8 Å². The predicted octanol–water partition coefficient (Wildman–Crippen LogP) is 2.77. The maximum atomic E-state index is 12.3. The average Bonchev–Trinajstić information content (AvgIpc) is 1.88. The van der Waals surface area contributed by atoms with Gasteiger partial charge in [0.2, 0.25) is 0 Å². The van der Waals surface area contributed by atoms with Crippen LogP contribution >= 0.6 is 0 Å². The SMILES string of the molecule is C=C(F)c1cccc(F)c1. The number of hydrogen-bond acceptors (Lipinski definition) is 0. The molecule has 0 atom stereocenters. The first-order valence-corrected chi connectivity index (χ1v) is 2.80. The third kappa shape index (κ3) is 1.41. The molecule has 2 heteroatoms. The first kappa shape index (κ1) is 6.93. The lowest BCUT2D eigenvalue weighted by Gasteiger charge is -1.93. The first-order chi connectivity index (χ1) is 4.70. The van der Waals surface area contributed by atoms with Gasteiger partial charge in [0.25, 0.3) is 0 Å². The summed E-state index contributed by atoms with van der Waals surface area (Å²) >= 11 is 0. The number of benzene rings is 1. The van der Waals surface area contributed by atoms with Gasteiger partial charge in [-0.1, -0.05) is 18.7 Å². The summed E-state index contributed by atoms with van der Waals surface area (Å²) in [6.45, 7) is 3.03. The van der Waals surface area contributed by atoms with Crippen molar-refractivity contribution < 1.29 is 8.78 Å². The van der Waals surface area contributed by atoms with Crippen LogP contribution < -0.4 is 0 Å². The lowest BCUT2D eigenvalue weighted by molar-refractivity contribution is 0.626. The second-order valence-corrected chi connectivity index (χ2v) is 1.92. The molecule has 0 nitrogen and oxygen atoms in total. The quantitative estimate of drug-likeness (QED) is 0.562. The summed E-state index contributed by atoms with van der Waals surface area (Å²) in [6, 6.07) is 5.26. The van der Waals surface area contributed by atoms with Gasteiger partial charge in [-0.15, -0.1) is 0 Å². The molecule has 0 saturated heterocycles. The van der Waals surface area contributed by atoms with Crippen LogP contribution in [0.1, 0.15) is 5.56 Å². The fourth-order valence-electron chi connectivity index (χ4n) is 0.657. The van der Waals surface area contributed by atoms with E-state index in [4.69, 9.17) is 0 Å². The van der Waals surface area contributed by atoms with Crippen molar-refractivity contribution in [2.75, 3.05) is 0 Å². The summed E-state index contributed by atoms with van der Waals surface area (Å²) in [6.07, 6.45) is 0. The van der Waals surface area contributed by atoms with Crippen molar-refractivity contribution in [2.24, 2.45) is 0 Å². The van der Waals surface area contributed by atoms with E-state index in [9.17, 15) is 8.78 Å². The van der Waals surface area contributed by atoms with E-state index in [2.05, 4.69) is 6.58 Å². The van der Waals surface area contributed by atoms with Crippen LogP contribution in [0.5, 0.6) is 0 Å². The van der Waals surface area contributed by atoms with Crippen LogP contribution in [0.4, 0.5) is 8.78 Å². The van der Waals surface area contributed by atoms with Crippen molar-refractivity contribution in [2.45, 2.75) is 0 Å². The van der Waals surface area contributed by atoms with Gasteiger partial charge in [-0.3, -0.25) is 0 Å². The molecule has 0 aliphatic rings. The Bertz CT molecular complexity index is 253. The summed E-state index contributed by atoms with van der Waals surface area (Å²) in [5, 5.41) is 0. The Labute approximate surface area is 57.8 Å². The fourth-order valence-corrected chi connectivity index (χ4v) is 0.657. The monoisotopic (exact) mass is 140 g/mol. The molecule has 0 aromatic heterocycles. The van der Waals surface area contributed by atoms with Crippen molar-refractivity contribution >= 4 is 5.83 Å². The van der Waals surface area contributed by atoms with E-state index in [1.165, 1.54) is 18.2 Å². The van der Waals surface area contributed by atoms with Gasteiger partial charge in [-0.05, 0) is 12.1 Å². The molecule has 0 radical (unpaired) electrons. The highest BCUT2D eigenvalue weighted by Gasteiger charge is 1.96. The molecule has 0 fully saturated rings. The van der Waals surface area contributed by atoms with Gasteiger partial charge in [0.05, 0.1) is 0 Å². The molecule has 0 bridgehead atoms. The van der Waals surface area contributed by atoms with E-state index in [0.717, 1.165) is 6.07 Å². The molecule has 0 amide bonds.